The molecule has 1 atom stereocenters. The molecule has 5 rings (SSSR count). The molecule has 2 aromatic carbocycles. The van der Waals surface area contributed by atoms with E-state index in [2.05, 4.69) is 64.5 Å². The van der Waals surface area contributed by atoms with Gasteiger partial charge in [0.05, 0.1) is 11.6 Å². The van der Waals surface area contributed by atoms with Crippen LogP contribution in [0, 0.1) is 0 Å². The second-order valence-corrected chi connectivity index (χ2v) is 8.40. The lowest BCUT2D eigenvalue weighted by atomic mass is 10.0. The molecule has 0 amide bonds. The summed E-state index contributed by atoms with van der Waals surface area (Å²) in [5, 5.41) is 0.533. The lowest BCUT2D eigenvalue weighted by molar-refractivity contribution is -0.140. The van der Waals surface area contributed by atoms with Gasteiger partial charge in [0.25, 0.3) is 0 Å². The lowest BCUT2D eigenvalue weighted by Crippen LogP contribution is -2.23. The molecule has 6 N–H and O–H groups in total. The number of fused-ring (bicyclic) bond motifs is 1. The number of nitrogens with two attached hydrogens (primary N) is 3. The highest BCUT2D eigenvalue weighted by Crippen LogP contribution is 2.31. The maximum absolute atomic E-state index is 12.4. The van der Waals surface area contributed by atoms with E-state index in [4.69, 9.17) is 5.73 Å². The van der Waals surface area contributed by atoms with Crippen molar-refractivity contribution in [3.63, 3.8) is 0 Å². The van der Waals surface area contributed by atoms with Crippen molar-refractivity contribution in [1.82, 2.24) is 4.98 Å². The number of rotatable bonds is 2. The molecular formula is C30H42F3N5. The fourth-order valence-corrected chi connectivity index (χ4v) is 4.03. The fraction of sp³-hybridized carbons (Fsp3) is 0.367. The number of hydrogen-bond donors (Lipinski definition) is 3. The molecular weight excluding hydrogens is 487 g/mol. The Morgan fingerprint density at radius 3 is 1.92 bits per heavy atom. The van der Waals surface area contributed by atoms with Crippen molar-refractivity contribution in [3.05, 3.63) is 91.3 Å². The Morgan fingerprint density at radius 2 is 1.39 bits per heavy atom. The molecule has 2 heterocycles. The Bertz CT molecular complexity index is 1070. The van der Waals surface area contributed by atoms with E-state index in [1.165, 1.54) is 64.4 Å². The first kappa shape index (κ1) is 32.7. The number of para-hydroxylation sites is 2. The smallest absolute Gasteiger partial charge is 0.398 e. The van der Waals surface area contributed by atoms with Crippen molar-refractivity contribution in [2.24, 2.45) is 11.5 Å². The van der Waals surface area contributed by atoms with Gasteiger partial charge in [-0.25, -0.2) is 4.98 Å². The van der Waals surface area contributed by atoms with Crippen LogP contribution >= 0.6 is 0 Å². The number of aromatic nitrogens is 1. The van der Waals surface area contributed by atoms with Crippen molar-refractivity contribution in [1.29, 1.82) is 0 Å². The predicted molar refractivity (Wildman–Crippen MR) is 156 cm³/mol. The molecule has 3 aromatic rings. The molecule has 5 nitrogen and oxygen atoms in total. The van der Waals surface area contributed by atoms with E-state index in [9.17, 15) is 13.2 Å². The summed E-state index contributed by atoms with van der Waals surface area (Å²) in [6.45, 7) is 3.84. The molecule has 1 unspecified atom stereocenters. The maximum Gasteiger partial charge on any atom is 0.433 e. The molecule has 8 heteroatoms. The summed E-state index contributed by atoms with van der Waals surface area (Å²) in [7, 11) is 3.00. The minimum Gasteiger partial charge on any atom is -0.398 e. The molecule has 0 saturated heterocycles. The Kier molecular flexibility index (Phi) is 15.5. The summed E-state index contributed by atoms with van der Waals surface area (Å²) in [5.41, 5.74) is 15.1. The van der Waals surface area contributed by atoms with Gasteiger partial charge >= 0.3 is 6.18 Å². The Morgan fingerprint density at radius 1 is 0.868 bits per heavy atom. The molecule has 1 aliphatic heterocycles. The average Bonchev–Trinajstić information content (AvgIpc) is 3.46. The van der Waals surface area contributed by atoms with Gasteiger partial charge in [0, 0.05) is 23.0 Å². The number of anilines is 2. The van der Waals surface area contributed by atoms with Crippen LogP contribution in [0.15, 0.2) is 85.6 Å². The van der Waals surface area contributed by atoms with Gasteiger partial charge in [-0.3, -0.25) is 0 Å². The van der Waals surface area contributed by atoms with Crippen molar-refractivity contribution < 1.29 is 13.2 Å². The molecule has 0 bridgehead atoms. The first-order chi connectivity index (χ1) is 18.4. The Labute approximate surface area is 225 Å². The third kappa shape index (κ3) is 10.6. The summed E-state index contributed by atoms with van der Waals surface area (Å²) in [6, 6.07) is 18.1. The molecule has 1 aromatic heterocycles. The standard InChI is InChI=1S/C12H13N.C10H7F3N2.C6H12.2CH5N/c1-2-11-9-6-10-13(11)12-7-4-3-5-8-12;11-10(12,13)9-5-7(14)6-3-1-2-4-8(6)15-9;1-2-4-6-5-3-1;2*1-2/h2-8,10-11H,1,9H2;1-5H,(H2,14,15);1-6H2;2*2H2,1H3. The van der Waals surface area contributed by atoms with Crippen molar-refractivity contribution >= 4 is 22.3 Å². The number of pyridine rings is 1. The number of alkyl halides is 3. The van der Waals surface area contributed by atoms with Crippen molar-refractivity contribution in [2.45, 2.75) is 57.2 Å². The summed E-state index contributed by atoms with van der Waals surface area (Å²) >= 11 is 0. The van der Waals surface area contributed by atoms with E-state index in [0.29, 0.717) is 11.4 Å². The summed E-state index contributed by atoms with van der Waals surface area (Å²) in [5.74, 6) is 0. The Hall–Kier alpha value is -3.36. The zero-order chi connectivity index (χ0) is 28.4. The third-order valence-corrected chi connectivity index (χ3v) is 5.87. The van der Waals surface area contributed by atoms with E-state index in [1.807, 2.05) is 12.1 Å². The van der Waals surface area contributed by atoms with E-state index in [0.717, 1.165) is 12.5 Å². The van der Waals surface area contributed by atoms with Gasteiger partial charge in [-0.05, 0) is 44.8 Å². The summed E-state index contributed by atoms with van der Waals surface area (Å²) in [4.78, 5) is 5.75. The van der Waals surface area contributed by atoms with Gasteiger partial charge in [0.2, 0.25) is 0 Å². The first-order valence-electron chi connectivity index (χ1n) is 12.9. The van der Waals surface area contributed by atoms with Crippen molar-refractivity contribution in [2.75, 3.05) is 24.7 Å². The zero-order valence-electron chi connectivity index (χ0n) is 22.5. The lowest BCUT2D eigenvalue weighted by Gasteiger charge is -2.22. The molecule has 38 heavy (non-hydrogen) atoms. The minimum absolute atomic E-state index is 0.0907. The van der Waals surface area contributed by atoms with Crippen LogP contribution < -0.4 is 22.1 Å². The molecule has 1 saturated carbocycles. The zero-order valence-corrected chi connectivity index (χ0v) is 22.5. The van der Waals surface area contributed by atoms with Crippen LogP contribution in [0.1, 0.15) is 50.6 Å². The van der Waals surface area contributed by atoms with Crippen LogP contribution in [0.25, 0.3) is 10.9 Å². The van der Waals surface area contributed by atoms with Crippen LogP contribution in [0.4, 0.5) is 24.5 Å². The summed E-state index contributed by atoms with van der Waals surface area (Å²) < 4.78 is 37.1. The van der Waals surface area contributed by atoms with Crippen LogP contribution in [0.3, 0.4) is 0 Å². The van der Waals surface area contributed by atoms with Crippen LogP contribution in [0.2, 0.25) is 0 Å². The van der Waals surface area contributed by atoms with E-state index in [1.54, 1.807) is 18.2 Å². The first-order valence-corrected chi connectivity index (χ1v) is 12.9. The van der Waals surface area contributed by atoms with Gasteiger partial charge < -0.3 is 22.1 Å². The monoisotopic (exact) mass is 529 g/mol. The molecule has 1 fully saturated rings. The largest absolute Gasteiger partial charge is 0.433 e. The molecule has 2 aliphatic rings. The van der Waals surface area contributed by atoms with Gasteiger partial charge in [0.1, 0.15) is 5.69 Å². The highest BCUT2D eigenvalue weighted by molar-refractivity contribution is 5.90. The topological polar surface area (TPSA) is 94.2 Å². The number of hydrogen-bond acceptors (Lipinski definition) is 5. The van der Waals surface area contributed by atoms with Gasteiger partial charge in [-0.2, -0.15) is 13.2 Å². The van der Waals surface area contributed by atoms with Gasteiger partial charge in [-0.15, -0.1) is 6.58 Å². The van der Waals surface area contributed by atoms with E-state index in [-0.39, 0.29) is 11.2 Å². The quantitative estimate of drug-likeness (QED) is 0.303. The van der Waals surface area contributed by atoms with E-state index < -0.39 is 11.9 Å². The molecule has 1 aliphatic carbocycles. The van der Waals surface area contributed by atoms with Crippen molar-refractivity contribution in [3.8, 4) is 0 Å². The van der Waals surface area contributed by atoms with Crippen LogP contribution in [-0.2, 0) is 6.18 Å². The number of benzene rings is 2. The highest BCUT2D eigenvalue weighted by Gasteiger charge is 2.33. The Balaban J connectivity index is 0.000000285. The van der Waals surface area contributed by atoms with Crippen LogP contribution in [0.5, 0.6) is 0 Å². The maximum atomic E-state index is 12.4. The predicted octanol–water partition coefficient (Wildman–Crippen LogP) is 7.29. The average molecular weight is 530 g/mol. The third-order valence-electron chi connectivity index (χ3n) is 5.87. The second-order valence-electron chi connectivity index (χ2n) is 8.40. The van der Waals surface area contributed by atoms with Gasteiger partial charge in [-0.1, -0.05) is 87.1 Å². The summed E-state index contributed by atoms with van der Waals surface area (Å²) in [6.07, 6.45) is 11.9. The molecule has 0 spiro atoms. The van der Waals surface area contributed by atoms with Gasteiger partial charge in [0.15, 0.2) is 0 Å². The number of nitrogen functional groups attached to an aromatic ring is 1. The fourth-order valence-electron chi connectivity index (χ4n) is 4.03. The second kappa shape index (κ2) is 18.0. The SMILES string of the molecule is C1CCCCC1.C=CC1CC=CN1c1ccccc1.CN.CN.Nc1cc(C(F)(F)F)nc2ccccc12. The van der Waals surface area contributed by atoms with Crippen LogP contribution in [-0.4, -0.2) is 25.1 Å². The number of nitrogens with zero attached hydrogens (tertiary/aromatic N) is 2. The highest BCUT2D eigenvalue weighted by atomic mass is 19.4. The minimum atomic E-state index is -4.46. The van der Waals surface area contributed by atoms with E-state index >= 15 is 0 Å². The molecule has 208 valence electrons. The molecule has 0 radical (unpaired) electrons. The number of halogens is 3. The normalized spacial score (nSPS) is 15.9.